The minimum Gasteiger partial charge on any atom is -0.484 e. The van der Waals surface area contributed by atoms with Crippen LogP contribution in [0, 0.1) is 0 Å². The molecule has 0 amide bonds. The molecule has 3 nitrogen and oxygen atoms in total. The molecule has 94 valence electrons. The van der Waals surface area contributed by atoms with E-state index in [2.05, 4.69) is 9.89 Å². The molecule has 0 saturated carbocycles. The summed E-state index contributed by atoms with van der Waals surface area (Å²) in [6.45, 7) is 0.345. The van der Waals surface area contributed by atoms with Crippen molar-refractivity contribution < 1.29 is 23.1 Å². The summed E-state index contributed by atoms with van der Waals surface area (Å²) in [6.07, 6.45) is -3.89. The first-order chi connectivity index (χ1) is 7.90. The highest BCUT2D eigenvalue weighted by Crippen LogP contribution is 2.19. The predicted molar refractivity (Wildman–Crippen MR) is 56.6 cm³/mol. The number of alkyl halides is 3. The SMILES string of the molecule is C/C(Cc1ccc(OCC(F)(F)F)cc1)=N/O. The summed E-state index contributed by atoms with van der Waals surface area (Å²) < 4.78 is 40.2. The van der Waals surface area contributed by atoms with Gasteiger partial charge in [-0.1, -0.05) is 17.3 Å². The van der Waals surface area contributed by atoms with Crippen LogP contribution in [0.5, 0.6) is 5.75 Å². The summed E-state index contributed by atoms with van der Waals surface area (Å²) in [5.74, 6) is 0.157. The second-order valence-corrected chi connectivity index (χ2v) is 3.56. The van der Waals surface area contributed by atoms with E-state index in [1.165, 1.54) is 12.1 Å². The standard InChI is InChI=1S/C11H12F3NO2/c1-8(15-16)6-9-2-4-10(5-3-9)17-7-11(12,13)14/h2-5,16H,6-7H2,1H3/b15-8-. The van der Waals surface area contributed by atoms with Gasteiger partial charge in [0.1, 0.15) is 5.75 Å². The summed E-state index contributed by atoms with van der Waals surface area (Å²) in [6, 6.07) is 6.15. The summed E-state index contributed by atoms with van der Waals surface area (Å²) in [5, 5.41) is 11.5. The highest BCUT2D eigenvalue weighted by atomic mass is 19.4. The van der Waals surface area contributed by atoms with Gasteiger partial charge in [0, 0.05) is 6.42 Å². The molecule has 0 radical (unpaired) electrons. The fourth-order valence-corrected chi connectivity index (χ4v) is 1.20. The molecule has 0 saturated heterocycles. The van der Waals surface area contributed by atoms with E-state index in [0.29, 0.717) is 12.1 Å². The van der Waals surface area contributed by atoms with E-state index < -0.39 is 12.8 Å². The number of halogens is 3. The third kappa shape index (κ3) is 5.24. The molecule has 1 aromatic rings. The van der Waals surface area contributed by atoms with Crippen molar-refractivity contribution in [2.75, 3.05) is 6.61 Å². The van der Waals surface area contributed by atoms with Crippen molar-refractivity contribution >= 4 is 5.71 Å². The lowest BCUT2D eigenvalue weighted by Crippen LogP contribution is -2.19. The molecule has 0 aromatic heterocycles. The molecule has 6 heteroatoms. The molecule has 0 unspecified atom stereocenters. The van der Waals surface area contributed by atoms with Gasteiger partial charge in [0.25, 0.3) is 0 Å². The van der Waals surface area contributed by atoms with Crippen molar-refractivity contribution in [3.8, 4) is 5.75 Å². The van der Waals surface area contributed by atoms with E-state index in [4.69, 9.17) is 5.21 Å². The molecule has 1 N–H and O–H groups in total. The van der Waals surface area contributed by atoms with Crippen LogP contribution in [0.25, 0.3) is 0 Å². The lowest BCUT2D eigenvalue weighted by molar-refractivity contribution is -0.153. The minimum absolute atomic E-state index is 0.157. The third-order valence-electron chi connectivity index (χ3n) is 1.96. The third-order valence-corrected chi connectivity index (χ3v) is 1.96. The molecule has 1 rings (SSSR count). The van der Waals surface area contributed by atoms with E-state index in [9.17, 15) is 13.2 Å². The van der Waals surface area contributed by atoms with Crippen molar-refractivity contribution in [1.82, 2.24) is 0 Å². The number of hydrogen-bond acceptors (Lipinski definition) is 3. The van der Waals surface area contributed by atoms with Crippen LogP contribution in [0.3, 0.4) is 0 Å². The minimum atomic E-state index is -4.33. The zero-order valence-corrected chi connectivity index (χ0v) is 9.16. The Morgan fingerprint density at radius 2 is 1.88 bits per heavy atom. The van der Waals surface area contributed by atoms with Crippen LogP contribution >= 0.6 is 0 Å². The van der Waals surface area contributed by atoms with E-state index >= 15 is 0 Å². The largest absolute Gasteiger partial charge is 0.484 e. The van der Waals surface area contributed by atoms with Crippen molar-refractivity contribution in [2.24, 2.45) is 5.16 Å². The lowest BCUT2D eigenvalue weighted by Gasteiger charge is -2.09. The highest BCUT2D eigenvalue weighted by molar-refractivity contribution is 5.83. The van der Waals surface area contributed by atoms with Crippen molar-refractivity contribution in [2.45, 2.75) is 19.5 Å². The van der Waals surface area contributed by atoms with Crippen LogP contribution in [0.4, 0.5) is 13.2 Å². The molecule has 0 fully saturated rings. The molecule has 0 atom stereocenters. The smallest absolute Gasteiger partial charge is 0.422 e. The summed E-state index contributed by atoms with van der Waals surface area (Å²) in [7, 11) is 0. The average molecular weight is 247 g/mol. The van der Waals surface area contributed by atoms with Crippen LogP contribution in [0.1, 0.15) is 12.5 Å². The molecule has 0 aliphatic rings. The Morgan fingerprint density at radius 3 is 2.35 bits per heavy atom. The molecule has 1 aromatic carbocycles. The first kappa shape index (κ1) is 13.3. The van der Waals surface area contributed by atoms with Gasteiger partial charge < -0.3 is 9.94 Å². The first-order valence-electron chi connectivity index (χ1n) is 4.87. The predicted octanol–water partition coefficient (Wildman–Crippen LogP) is 3.02. The Kier molecular flexibility index (Phi) is 4.37. The van der Waals surface area contributed by atoms with Crippen LogP contribution in [0.2, 0.25) is 0 Å². The number of nitrogens with zero attached hydrogens (tertiary/aromatic N) is 1. The number of ether oxygens (including phenoxy) is 1. The summed E-state index contributed by atoms with van der Waals surface area (Å²) in [5.41, 5.74) is 1.36. The first-order valence-corrected chi connectivity index (χ1v) is 4.87. The van der Waals surface area contributed by atoms with Gasteiger partial charge in [-0.3, -0.25) is 0 Å². The molecule has 0 bridgehead atoms. The van der Waals surface area contributed by atoms with Crippen LogP contribution in [-0.4, -0.2) is 23.7 Å². The van der Waals surface area contributed by atoms with Gasteiger partial charge in [-0.15, -0.1) is 0 Å². The molecule has 0 spiro atoms. The lowest BCUT2D eigenvalue weighted by atomic mass is 10.1. The van der Waals surface area contributed by atoms with Gasteiger partial charge in [-0.25, -0.2) is 0 Å². The van der Waals surface area contributed by atoms with E-state index in [1.807, 2.05) is 0 Å². The van der Waals surface area contributed by atoms with E-state index in [1.54, 1.807) is 19.1 Å². The number of benzene rings is 1. The number of hydrogen-bond donors (Lipinski definition) is 1. The Labute approximate surface area is 96.5 Å². The number of oxime groups is 1. The molecular formula is C11H12F3NO2. The maximum absolute atomic E-state index is 11.9. The van der Waals surface area contributed by atoms with Gasteiger partial charge >= 0.3 is 6.18 Å². The highest BCUT2D eigenvalue weighted by Gasteiger charge is 2.28. The molecular weight excluding hydrogens is 235 g/mol. The zero-order chi connectivity index (χ0) is 12.9. The molecule has 0 aliphatic heterocycles. The Morgan fingerprint density at radius 1 is 1.29 bits per heavy atom. The Balaban J connectivity index is 2.56. The molecule has 17 heavy (non-hydrogen) atoms. The topological polar surface area (TPSA) is 41.8 Å². The van der Waals surface area contributed by atoms with E-state index in [-0.39, 0.29) is 5.75 Å². The fraction of sp³-hybridized carbons (Fsp3) is 0.364. The van der Waals surface area contributed by atoms with Gasteiger partial charge in [0.15, 0.2) is 6.61 Å². The second-order valence-electron chi connectivity index (χ2n) is 3.56. The maximum atomic E-state index is 11.9. The van der Waals surface area contributed by atoms with Gasteiger partial charge in [0.05, 0.1) is 5.71 Å². The van der Waals surface area contributed by atoms with Crippen molar-refractivity contribution in [3.05, 3.63) is 29.8 Å². The van der Waals surface area contributed by atoms with Gasteiger partial charge in [-0.2, -0.15) is 13.2 Å². The summed E-state index contributed by atoms with van der Waals surface area (Å²) >= 11 is 0. The quantitative estimate of drug-likeness (QED) is 0.505. The van der Waals surface area contributed by atoms with Crippen molar-refractivity contribution in [1.29, 1.82) is 0 Å². The Bertz CT molecular complexity index is 385. The van der Waals surface area contributed by atoms with Crippen LogP contribution in [-0.2, 0) is 6.42 Å². The monoisotopic (exact) mass is 247 g/mol. The Hall–Kier alpha value is -1.72. The summed E-state index contributed by atoms with van der Waals surface area (Å²) in [4.78, 5) is 0. The number of rotatable bonds is 4. The maximum Gasteiger partial charge on any atom is 0.422 e. The molecule has 0 aliphatic carbocycles. The van der Waals surface area contributed by atoms with Crippen LogP contribution < -0.4 is 4.74 Å². The van der Waals surface area contributed by atoms with Crippen molar-refractivity contribution in [3.63, 3.8) is 0 Å². The van der Waals surface area contributed by atoms with Crippen LogP contribution in [0.15, 0.2) is 29.4 Å². The molecule has 0 heterocycles. The fourth-order valence-electron chi connectivity index (χ4n) is 1.20. The van der Waals surface area contributed by atoms with E-state index in [0.717, 1.165) is 5.56 Å². The zero-order valence-electron chi connectivity index (χ0n) is 9.16. The van der Waals surface area contributed by atoms with Gasteiger partial charge in [-0.05, 0) is 24.6 Å². The average Bonchev–Trinajstić information content (AvgIpc) is 2.27. The normalized spacial score (nSPS) is 12.6. The second kappa shape index (κ2) is 5.56. The van der Waals surface area contributed by atoms with Gasteiger partial charge in [0.2, 0.25) is 0 Å².